The SMILES string of the molecule is COc1cc(-c2cc(C(=O)N3CCC(C(=O)NC4CCC(C)CC4)CC3)nn2C2CCCCO2)c(F)cn1. The zero-order chi connectivity index (χ0) is 26.6. The first-order valence-electron chi connectivity index (χ1n) is 13.9. The molecule has 206 valence electrons. The van der Waals surface area contributed by atoms with Crippen LogP contribution in [0.25, 0.3) is 11.3 Å². The summed E-state index contributed by atoms with van der Waals surface area (Å²) in [5, 5.41) is 7.85. The van der Waals surface area contributed by atoms with Crippen LogP contribution in [-0.4, -0.2) is 64.3 Å². The van der Waals surface area contributed by atoms with Crippen molar-refractivity contribution < 1.29 is 23.5 Å². The van der Waals surface area contributed by atoms with Gasteiger partial charge in [0, 0.05) is 43.3 Å². The number of pyridine rings is 1. The Bertz CT molecular complexity index is 1130. The van der Waals surface area contributed by atoms with Gasteiger partial charge in [0.15, 0.2) is 17.7 Å². The summed E-state index contributed by atoms with van der Waals surface area (Å²) in [6.07, 6.45) is 9.04. The fourth-order valence-corrected chi connectivity index (χ4v) is 5.79. The Morgan fingerprint density at radius 1 is 1.08 bits per heavy atom. The number of nitrogens with one attached hydrogen (secondary N) is 1. The summed E-state index contributed by atoms with van der Waals surface area (Å²) in [4.78, 5) is 32.0. The Morgan fingerprint density at radius 3 is 2.53 bits per heavy atom. The van der Waals surface area contributed by atoms with Crippen molar-refractivity contribution in [3.05, 3.63) is 29.8 Å². The average Bonchev–Trinajstić information content (AvgIpc) is 3.40. The standard InChI is InChI=1S/C28H38FN5O4/c1-18-6-8-20(9-7-18)31-27(35)19-10-12-33(13-11-19)28(36)23-16-24(21-15-25(37-2)30-17-22(21)29)34(32-23)26-5-3-4-14-38-26/h15-20,26H,3-14H2,1-2H3,(H,31,35). The summed E-state index contributed by atoms with van der Waals surface area (Å²) < 4.78 is 27.6. The quantitative estimate of drug-likeness (QED) is 0.600. The number of aromatic nitrogens is 3. The van der Waals surface area contributed by atoms with Crippen LogP contribution < -0.4 is 10.1 Å². The first kappa shape index (κ1) is 26.6. The number of hydrogen-bond acceptors (Lipinski definition) is 6. The van der Waals surface area contributed by atoms with Crippen molar-refractivity contribution in [3.8, 4) is 17.1 Å². The second-order valence-electron chi connectivity index (χ2n) is 10.9. The van der Waals surface area contributed by atoms with E-state index in [2.05, 4.69) is 22.3 Å². The highest BCUT2D eigenvalue weighted by molar-refractivity contribution is 5.93. The van der Waals surface area contributed by atoms with Crippen molar-refractivity contribution in [2.75, 3.05) is 26.8 Å². The molecule has 9 nitrogen and oxygen atoms in total. The van der Waals surface area contributed by atoms with Crippen molar-refractivity contribution in [3.63, 3.8) is 0 Å². The average molecular weight is 528 g/mol. The van der Waals surface area contributed by atoms with Gasteiger partial charge in [0.2, 0.25) is 11.8 Å². The van der Waals surface area contributed by atoms with Gasteiger partial charge in [-0.25, -0.2) is 14.1 Å². The predicted molar refractivity (Wildman–Crippen MR) is 139 cm³/mol. The molecule has 1 saturated carbocycles. The third-order valence-electron chi connectivity index (χ3n) is 8.21. The van der Waals surface area contributed by atoms with Crippen LogP contribution in [0.3, 0.4) is 0 Å². The number of likely N-dealkylation sites (tertiary alicyclic amines) is 1. The molecule has 10 heteroatoms. The van der Waals surface area contributed by atoms with E-state index < -0.39 is 5.82 Å². The third kappa shape index (κ3) is 5.85. The second-order valence-corrected chi connectivity index (χ2v) is 10.9. The van der Waals surface area contributed by atoms with Crippen LogP contribution in [-0.2, 0) is 9.53 Å². The number of piperidine rings is 1. The molecule has 2 aliphatic heterocycles. The number of rotatable bonds is 6. The van der Waals surface area contributed by atoms with Crippen molar-refractivity contribution in [1.29, 1.82) is 0 Å². The van der Waals surface area contributed by atoms with Crippen LogP contribution in [0.4, 0.5) is 4.39 Å². The Kier molecular flexibility index (Phi) is 8.26. The number of methoxy groups -OCH3 is 1. The van der Waals surface area contributed by atoms with Gasteiger partial charge in [-0.05, 0) is 69.8 Å². The minimum Gasteiger partial charge on any atom is -0.481 e. The molecule has 2 saturated heterocycles. The van der Waals surface area contributed by atoms with E-state index in [-0.39, 0.29) is 47.1 Å². The minimum absolute atomic E-state index is 0.0828. The van der Waals surface area contributed by atoms with E-state index in [4.69, 9.17) is 9.47 Å². The highest BCUT2D eigenvalue weighted by atomic mass is 19.1. The lowest BCUT2D eigenvalue weighted by Crippen LogP contribution is -2.46. The molecule has 3 aliphatic rings. The molecule has 1 unspecified atom stereocenters. The van der Waals surface area contributed by atoms with Gasteiger partial charge < -0.3 is 19.7 Å². The largest absolute Gasteiger partial charge is 0.481 e. The van der Waals surface area contributed by atoms with Crippen molar-refractivity contribution >= 4 is 11.8 Å². The van der Waals surface area contributed by atoms with Gasteiger partial charge in [0.25, 0.3) is 5.91 Å². The fourth-order valence-electron chi connectivity index (χ4n) is 5.79. The van der Waals surface area contributed by atoms with Gasteiger partial charge in [-0.3, -0.25) is 9.59 Å². The molecule has 4 heterocycles. The number of carbonyl (C=O) groups excluding carboxylic acids is 2. The fraction of sp³-hybridized carbons (Fsp3) is 0.643. The van der Waals surface area contributed by atoms with Gasteiger partial charge in [0.1, 0.15) is 0 Å². The van der Waals surface area contributed by atoms with Gasteiger partial charge in [-0.2, -0.15) is 5.10 Å². The van der Waals surface area contributed by atoms with Crippen LogP contribution in [0.15, 0.2) is 18.3 Å². The molecular weight excluding hydrogens is 489 g/mol. The monoisotopic (exact) mass is 527 g/mol. The normalized spacial score (nSPS) is 24.7. The van der Waals surface area contributed by atoms with Crippen molar-refractivity contribution in [1.82, 2.24) is 25.0 Å². The number of ether oxygens (including phenoxy) is 2. The summed E-state index contributed by atoms with van der Waals surface area (Å²) in [6, 6.07) is 3.41. The van der Waals surface area contributed by atoms with Gasteiger partial charge in [-0.1, -0.05) is 6.92 Å². The smallest absolute Gasteiger partial charge is 0.274 e. The van der Waals surface area contributed by atoms with Crippen LogP contribution in [0.1, 0.15) is 81.4 Å². The Morgan fingerprint density at radius 2 is 1.84 bits per heavy atom. The second kappa shape index (κ2) is 11.8. The molecule has 5 rings (SSSR count). The molecule has 2 amide bonds. The summed E-state index contributed by atoms with van der Waals surface area (Å²) in [6.45, 7) is 3.82. The summed E-state index contributed by atoms with van der Waals surface area (Å²) in [5.41, 5.74) is 0.947. The molecule has 2 aromatic heterocycles. The highest BCUT2D eigenvalue weighted by Crippen LogP contribution is 2.33. The molecule has 38 heavy (non-hydrogen) atoms. The Hall–Kier alpha value is -3.01. The molecule has 0 aromatic carbocycles. The molecule has 3 fully saturated rings. The zero-order valence-electron chi connectivity index (χ0n) is 22.3. The van der Waals surface area contributed by atoms with Crippen molar-refractivity contribution in [2.45, 2.75) is 77.0 Å². The molecule has 1 aliphatic carbocycles. The lowest BCUT2D eigenvalue weighted by atomic mass is 9.86. The summed E-state index contributed by atoms with van der Waals surface area (Å²) >= 11 is 0. The van der Waals surface area contributed by atoms with Crippen LogP contribution in [0.2, 0.25) is 0 Å². The topological polar surface area (TPSA) is 98.6 Å². The number of amides is 2. The van der Waals surface area contributed by atoms with E-state index in [9.17, 15) is 14.0 Å². The Balaban J connectivity index is 1.29. The number of nitrogens with zero attached hydrogens (tertiary/aromatic N) is 4. The summed E-state index contributed by atoms with van der Waals surface area (Å²) in [5.74, 6) is 0.293. The van der Waals surface area contributed by atoms with Gasteiger partial charge in [0.05, 0.1) is 19.0 Å². The van der Waals surface area contributed by atoms with E-state index in [1.54, 1.807) is 15.6 Å². The maximum atomic E-state index is 14.9. The summed E-state index contributed by atoms with van der Waals surface area (Å²) in [7, 11) is 1.47. The number of carbonyl (C=O) groups is 2. The van der Waals surface area contributed by atoms with Crippen molar-refractivity contribution in [2.24, 2.45) is 11.8 Å². The van der Waals surface area contributed by atoms with Gasteiger partial charge >= 0.3 is 0 Å². The first-order valence-corrected chi connectivity index (χ1v) is 13.9. The maximum Gasteiger partial charge on any atom is 0.274 e. The van der Waals surface area contributed by atoms with E-state index in [0.29, 0.717) is 38.2 Å². The lowest BCUT2D eigenvalue weighted by Gasteiger charge is -2.33. The first-order chi connectivity index (χ1) is 18.4. The third-order valence-corrected chi connectivity index (χ3v) is 8.21. The number of hydrogen-bond donors (Lipinski definition) is 1. The number of halogens is 1. The van der Waals surface area contributed by atoms with E-state index in [1.807, 2.05) is 0 Å². The highest BCUT2D eigenvalue weighted by Gasteiger charge is 2.32. The minimum atomic E-state index is -0.527. The molecule has 1 atom stereocenters. The molecule has 0 radical (unpaired) electrons. The molecular formula is C28H38FN5O4. The predicted octanol–water partition coefficient (Wildman–Crippen LogP) is 4.34. The lowest BCUT2D eigenvalue weighted by molar-refractivity contribution is -0.127. The van der Waals surface area contributed by atoms with E-state index in [1.165, 1.54) is 13.2 Å². The van der Waals surface area contributed by atoms with E-state index >= 15 is 0 Å². The van der Waals surface area contributed by atoms with Crippen LogP contribution >= 0.6 is 0 Å². The molecule has 2 aromatic rings. The van der Waals surface area contributed by atoms with Gasteiger partial charge in [-0.15, -0.1) is 0 Å². The van der Waals surface area contributed by atoms with Crippen LogP contribution in [0, 0.1) is 17.7 Å². The molecule has 0 spiro atoms. The Labute approximate surface area is 223 Å². The van der Waals surface area contributed by atoms with E-state index in [0.717, 1.165) is 57.1 Å². The van der Waals surface area contributed by atoms with Crippen LogP contribution in [0.5, 0.6) is 5.88 Å². The zero-order valence-corrected chi connectivity index (χ0v) is 22.3. The molecule has 1 N–H and O–H groups in total. The maximum absolute atomic E-state index is 14.9. The molecule has 0 bridgehead atoms.